The van der Waals surface area contributed by atoms with Crippen LogP contribution in [0.25, 0.3) is 11.2 Å². The van der Waals surface area contributed by atoms with Crippen LogP contribution in [0, 0.1) is 0 Å². The summed E-state index contributed by atoms with van der Waals surface area (Å²) in [5.41, 5.74) is 0.332. The SMILES string of the molecule is CCCSc1nc2c(nnn2[C@@H]2C[C@H](OCCO)[C@H]3OC(C)(C)O[C@H]32)c(=O)[nH]1. The van der Waals surface area contributed by atoms with Crippen LogP contribution in [-0.4, -0.2) is 73.1 Å². The lowest BCUT2D eigenvalue weighted by atomic mass is 10.2. The maximum Gasteiger partial charge on any atom is 0.281 e. The minimum absolute atomic E-state index is 0.0655. The van der Waals surface area contributed by atoms with Gasteiger partial charge in [-0.05, 0) is 20.3 Å². The molecular weight excluding hydrogens is 386 g/mol. The lowest BCUT2D eigenvalue weighted by molar-refractivity contribution is -0.171. The molecule has 2 aliphatic rings. The number of H-pyrrole nitrogens is 1. The molecule has 0 unspecified atom stereocenters. The van der Waals surface area contributed by atoms with Crippen LogP contribution < -0.4 is 5.56 Å². The maximum atomic E-state index is 12.4. The summed E-state index contributed by atoms with van der Waals surface area (Å²) >= 11 is 1.49. The first kappa shape index (κ1) is 19.8. The minimum atomic E-state index is -0.752. The smallest absolute Gasteiger partial charge is 0.281 e. The third kappa shape index (κ3) is 3.57. The number of rotatable bonds is 7. The summed E-state index contributed by atoms with van der Waals surface area (Å²) in [6, 6.07) is -0.237. The number of fused-ring (bicyclic) bond motifs is 2. The van der Waals surface area contributed by atoms with Crippen molar-refractivity contribution in [3.63, 3.8) is 0 Å². The molecule has 3 heterocycles. The molecule has 1 saturated carbocycles. The summed E-state index contributed by atoms with van der Waals surface area (Å²) in [6.45, 7) is 5.93. The number of hydrogen-bond donors (Lipinski definition) is 2. The Morgan fingerprint density at radius 2 is 2.18 bits per heavy atom. The number of hydrogen-bond acceptors (Lipinski definition) is 9. The van der Waals surface area contributed by atoms with Gasteiger partial charge in [-0.3, -0.25) is 9.78 Å². The molecule has 0 bridgehead atoms. The third-order valence-corrected chi connectivity index (χ3v) is 5.96. The molecule has 1 aliphatic heterocycles. The van der Waals surface area contributed by atoms with Crippen LogP contribution in [0.4, 0.5) is 0 Å². The Morgan fingerprint density at radius 3 is 2.93 bits per heavy atom. The van der Waals surface area contributed by atoms with Crippen molar-refractivity contribution in [2.75, 3.05) is 19.0 Å². The highest BCUT2D eigenvalue weighted by atomic mass is 32.2. The molecule has 2 fully saturated rings. The monoisotopic (exact) mass is 411 g/mol. The van der Waals surface area contributed by atoms with Crippen molar-refractivity contribution in [2.24, 2.45) is 0 Å². The number of aliphatic hydroxyl groups is 1. The van der Waals surface area contributed by atoms with Crippen LogP contribution in [-0.2, 0) is 14.2 Å². The molecule has 2 N–H and O–H groups in total. The number of aromatic nitrogens is 5. The standard InChI is InChI=1S/C17H25N5O5S/c1-4-7-28-16-18-14-11(15(24)19-16)20-21-22(14)9-8-10(25-6-5-23)13-12(9)26-17(2,3)27-13/h9-10,12-13,23H,4-8H2,1-3H3,(H,18,19,24)/t9-,10+,12+,13-/m1/s1. The number of aliphatic hydroxyl groups excluding tert-OH is 1. The molecule has 2 aromatic rings. The zero-order valence-corrected chi connectivity index (χ0v) is 16.9. The van der Waals surface area contributed by atoms with Gasteiger partial charge in [0.05, 0.1) is 25.4 Å². The molecule has 28 heavy (non-hydrogen) atoms. The second-order valence-electron chi connectivity index (χ2n) is 7.43. The van der Waals surface area contributed by atoms with E-state index in [1.807, 2.05) is 13.8 Å². The average Bonchev–Trinajstić information content (AvgIpc) is 3.29. The largest absolute Gasteiger partial charge is 0.394 e. The molecule has 0 radical (unpaired) electrons. The fourth-order valence-corrected chi connectivity index (χ4v) is 4.54. The normalized spacial score (nSPS) is 28.9. The van der Waals surface area contributed by atoms with Crippen molar-refractivity contribution in [3.8, 4) is 0 Å². The minimum Gasteiger partial charge on any atom is -0.394 e. The highest BCUT2D eigenvalue weighted by Crippen LogP contribution is 2.45. The van der Waals surface area contributed by atoms with Crippen molar-refractivity contribution in [1.29, 1.82) is 0 Å². The summed E-state index contributed by atoms with van der Waals surface area (Å²) < 4.78 is 19.6. The summed E-state index contributed by atoms with van der Waals surface area (Å²) in [4.78, 5) is 19.7. The van der Waals surface area contributed by atoms with Gasteiger partial charge in [0, 0.05) is 12.2 Å². The number of thioether (sulfide) groups is 1. The van der Waals surface area contributed by atoms with Crippen molar-refractivity contribution in [1.82, 2.24) is 25.0 Å². The van der Waals surface area contributed by atoms with Crippen LogP contribution in [0.5, 0.6) is 0 Å². The first-order valence-corrected chi connectivity index (χ1v) is 10.5. The molecule has 1 saturated heterocycles. The van der Waals surface area contributed by atoms with Crippen molar-refractivity contribution in [2.45, 2.75) is 68.9 Å². The zero-order valence-electron chi connectivity index (χ0n) is 16.1. The van der Waals surface area contributed by atoms with E-state index in [0.717, 1.165) is 12.2 Å². The molecule has 0 amide bonds. The van der Waals surface area contributed by atoms with E-state index in [1.165, 1.54) is 11.8 Å². The summed E-state index contributed by atoms with van der Waals surface area (Å²) in [7, 11) is 0. The van der Waals surface area contributed by atoms with E-state index in [0.29, 0.717) is 17.2 Å². The number of nitrogens with one attached hydrogen (secondary N) is 1. The topological polar surface area (TPSA) is 124 Å². The van der Waals surface area contributed by atoms with Gasteiger partial charge in [-0.2, -0.15) is 0 Å². The Bertz CT molecular complexity index is 900. The lowest BCUT2D eigenvalue weighted by Crippen LogP contribution is -2.31. The highest BCUT2D eigenvalue weighted by molar-refractivity contribution is 7.99. The number of ether oxygens (including phenoxy) is 3. The number of aromatic amines is 1. The van der Waals surface area contributed by atoms with E-state index in [1.54, 1.807) is 4.68 Å². The van der Waals surface area contributed by atoms with Gasteiger partial charge >= 0.3 is 0 Å². The van der Waals surface area contributed by atoms with Crippen molar-refractivity contribution < 1.29 is 19.3 Å². The Kier molecular flexibility index (Phi) is 5.45. The lowest BCUT2D eigenvalue weighted by Gasteiger charge is -2.23. The predicted molar refractivity (Wildman–Crippen MR) is 101 cm³/mol. The number of nitrogens with zero attached hydrogens (tertiary/aromatic N) is 4. The summed E-state index contributed by atoms with van der Waals surface area (Å²) in [5.74, 6) is 0.102. The molecular formula is C17H25N5O5S. The average molecular weight is 411 g/mol. The van der Waals surface area contributed by atoms with E-state index >= 15 is 0 Å². The third-order valence-electron chi connectivity index (χ3n) is 4.88. The van der Waals surface area contributed by atoms with E-state index < -0.39 is 5.79 Å². The van der Waals surface area contributed by atoms with Gasteiger partial charge < -0.3 is 19.3 Å². The molecule has 11 heteroatoms. The second-order valence-corrected chi connectivity index (χ2v) is 8.51. The highest BCUT2D eigenvalue weighted by Gasteiger charge is 2.56. The first-order valence-electron chi connectivity index (χ1n) is 9.49. The molecule has 2 aromatic heterocycles. The van der Waals surface area contributed by atoms with Crippen molar-refractivity contribution in [3.05, 3.63) is 10.4 Å². The van der Waals surface area contributed by atoms with E-state index in [9.17, 15) is 4.79 Å². The van der Waals surface area contributed by atoms with E-state index in [2.05, 4.69) is 27.2 Å². The fraction of sp³-hybridized carbons (Fsp3) is 0.765. The van der Waals surface area contributed by atoms with Crippen LogP contribution in [0.3, 0.4) is 0 Å². The molecule has 1 aliphatic carbocycles. The van der Waals surface area contributed by atoms with Crippen LogP contribution in [0.15, 0.2) is 9.95 Å². The Morgan fingerprint density at radius 1 is 1.39 bits per heavy atom. The molecule has 0 aromatic carbocycles. The molecule has 154 valence electrons. The van der Waals surface area contributed by atoms with Gasteiger partial charge in [0.2, 0.25) is 0 Å². The van der Waals surface area contributed by atoms with Crippen LogP contribution >= 0.6 is 11.8 Å². The molecule has 4 atom stereocenters. The summed E-state index contributed by atoms with van der Waals surface area (Å²) in [6.07, 6.45) is 0.688. The first-order chi connectivity index (χ1) is 13.4. The Hall–Kier alpha value is -1.53. The van der Waals surface area contributed by atoms with Crippen LogP contribution in [0.1, 0.15) is 39.7 Å². The van der Waals surface area contributed by atoms with Gasteiger partial charge in [0.25, 0.3) is 5.56 Å². The van der Waals surface area contributed by atoms with E-state index in [4.69, 9.17) is 19.3 Å². The maximum absolute atomic E-state index is 12.4. The van der Waals surface area contributed by atoms with Gasteiger partial charge in [-0.15, -0.1) is 5.10 Å². The summed E-state index contributed by atoms with van der Waals surface area (Å²) in [5, 5.41) is 17.9. The predicted octanol–water partition coefficient (Wildman–Crippen LogP) is 0.859. The quantitative estimate of drug-likeness (QED) is 0.504. The van der Waals surface area contributed by atoms with Crippen LogP contribution in [0.2, 0.25) is 0 Å². The van der Waals surface area contributed by atoms with Gasteiger partial charge in [0.15, 0.2) is 22.1 Å². The van der Waals surface area contributed by atoms with Gasteiger partial charge in [0.1, 0.15) is 12.2 Å². The molecule has 0 spiro atoms. The fourth-order valence-electron chi connectivity index (χ4n) is 3.83. The Balaban J connectivity index is 1.70. The van der Waals surface area contributed by atoms with Crippen molar-refractivity contribution >= 4 is 22.9 Å². The van der Waals surface area contributed by atoms with Gasteiger partial charge in [-0.25, -0.2) is 9.67 Å². The Labute approximate surface area is 165 Å². The van der Waals surface area contributed by atoms with Gasteiger partial charge in [-0.1, -0.05) is 23.9 Å². The molecule has 4 rings (SSSR count). The second kappa shape index (κ2) is 7.71. The zero-order chi connectivity index (χ0) is 19.9. The van der Waals surface area contributed by atoms with E-state index in [-0.39, 0.29) is 48.6 Å². The molecule has 10 nitrogen and oxygen atoms in total.